The number of nitrogens with zero attached hydrogens (tertiary/aromatic N) is 1. The fourth-order valence-corrected chi connectivity index (χ4v) is 1.86. The fourth-order valence-electron chi connectivity index (χ4n) is 1.86. The number of carbonyl (C=O) groups is 1. The molecule has 0 spiro atoms. The normalized spacial score (nSPS) is 17.4. The first-order valence-corrected chi connectivity index (χ1v) is 5.52. The van der Waals surface area contributed by atoms with Crippen molar-refractivity contribution in [1.29, 1.82) is 0 Å². The lowest BCUT2D eigenvalue weighted by molar-refractivity contribution is -0.170. The molecule has 1 aliphatic heterocycles. The van der Waals surface area contributed by atoms with Crippen LogP contribution < -0.4 is 5.73 Å². The van der Waals surface area contributed by atoms with E-state index in [1.165, 1.54) is 5.06 Å². The summed E-state index contributed by atoms with van der Waals surface area (Å²) in [7, 11) is 0. The Morgan fingerprint density at radius 2 is 2.19 bits per heavy atom. The monoisotopic (exact) mass is 220 g/mol. The molecule has 1 unspecified atom stereocenters. The zero-order valence-electron chi connectivity index (χ0n) is 9.13. The Bertz CT molecular complexity index is 347. The first-order chi connectivity index (χ1) is 7.83. The van der Waals surface area contributed by atoms with E-state index in [0.29, 0.717) is 19.7 Å². The number of hydrogen-bond donors (Lipinski definition) is 1. The molecule has 0 saturated carbocycles. The molecule has 16 heavy (non-hydrogen) atoms. The van der Waals surface area contributed by atoms with Crippen molar-refractivity contribution in [1.82, 2.24) is 5.06 Å². The maximum atomic E-state index is 12.1. The molecule has 4 nitrogen and oxygen atoms in total. The van der Waals surface area contributed by atoms with Gasteiger partial charge in [0.15, 0.2) is 0 Å². The van der Waals surface area contributed by atoms with Crippen molar-refractivity contribution < 1.29 is 9.63 Å². The molecule has 1 saturated heterocycles. The highest BCUT2D eigenvalue weighted by Crippen LogP contribution is 2.19. The Morgan fingerprint density at radius 1 is 1.44 bits per heavy atom. The van der Waals surface area contributed by atoms with Gasteiger partial charge < -0.3 is 5.73 Å². The molecule has 1 aromatic rings. The molecule has 2 rings (SSSR count). The van der Waals surface area contributed by atoms with E-state index in [9.17, 15) is 4.79 Å². The van der Waals surface area contributed by atoms with E-state index in [4.69, 9.17) is 10.6 Å². The number of hydroxylamine groups is 2. The van der Waals surface area contributed by atoms with Crippen molar-refractivity contribution in [2.24, 2.45) is 5.73 Å². The van der Waals surface area contributed by atoms with E-state index in [2.05, 4.69) is 0 Å². The lowest BCUT2D eigenvalue weighted by Crippen LogP contribution is -2.35. The van der Waals surface area contributed by atoms with Crippen molar-refractivity contribution in [2.45, 2.75) is 12.3 Å². The van der Waals surface area contributed by atoms with E-state index in [0.717, 1.165) is 12.0 Å². The third kappa shape index (κ3) is 2.23. The van der Waals surface area contributed by atoms with Crippen LogP contribution in [0.5, 0.6) is 0 Å². The Kier molecular flexibility index (Phi) is 3.54. The summed E-state index contributed by atoms with van der Waals surface area (Å²) in [6.07, 6.45) is 0.901. The highest BCUT2D eigenvalue weighted by atomic mass is 16.7. The lowest BCUT2D eigenvalue weighted by atomic mass is 9.98. The van der Waals surface area contributed by atoms with Crippen LogP contribution in [0.25, 0.3) is 0 Å². The van der Waals surface area contributed by atoms with Gasteiger partial charge in [-0.1, -0.05) is 30.3 Å². The van der Waals surface area contributed by atoms with E-state index in [1.54, 1.807) is 0 Å². The molecule has 0 aromatic heterocycles. The van der Waals surface area contributed by atoms with Gasteiger partial charge in [-0.3, -0.25) is 9.63 Å². The van der Waals surface area contributed by atoms with Crippen LogP contribution in [0.15, 0.2) is 30.3 Å². The van der Waals surface area contributed by atoms with Gasteiger partial charge in [-0.15, -0.1) is 0 Å². The molecule has 1 atom stereocenters. The van der Waals surface area contributed by atoms with Crippen LogP contribution in [0, 0.1) is 0 Å². The highest BCUT2D eigenvalue weighted by molar-refractivity contribution is 5.83. The quantitative estimate of drug-likeness (QED) is 0.823. The lowest BCUT2D eigenvalue weighted by Gasteiger charge is -2.20. The van der Waals surface area contributed by atoms with Crippen LogP contribution in [0.2, 0.25) is 0 Å². The molecule has 1 aliphatic rings. The van der Waals surface area contributed by atoms with Gasteiger partial charge >= 0.3 is 0 Å². The summed E-state index contributed by atoms with van der Waals surface area (Å²) >= 11 is 0. The van der Waals surface area contributed by atoms with Crippen molar-refractivity contribution >= 4 is 5.91 Å². The fraction of sp³-hybridized carbons (Fsp3) is 0.417. The first kappa shape index (κ1) is 11.1. The molecule has 0 bridgehead atoms. The minimum absolute atomic E-state index is 0.0359. The second kappa shape index (κ2) is 5.09. The maximum absolute atomic E-state index is 12.1. The third-order valence-corrected chi connectivity index (χ3v) is 2.73. The van der Waals surface area contributed by atoms with E-state index < -0.39 is 0 Å². The second-order valence-corrected chi connectivity index (χ2v) is 3.83. The largest absolute Gasteiger partial charge is 0.329 e. The predicted octanol–water partition coefficient (Wildman–Crippen LogP) is 0.893. The van der Waals surface area contributed by atoms with Crippen LogP contribution in [-0.4, -0.2) is 30.7 Å². The van der Waals surface area contributed by atoms with Gasteiger partial charge in [0.1, 0.15) is 0 Å². The first-order valence-electron chi connectivity index (χ1n) is 5.52. The van der Waals surface area contributed by atoms with Gasteiger partial charge in [0, 0.05) is 6.54 Å². The van der Waals surface area contributed by atoms with Gasteiger partial charge in [-0.25, -0.2) is 5.06 Å². The van der Waals surface area contributed by atoms with E-state index in [1.807, 2.05) is 30.3 Å². The number of carbonyl (C=O) groups excluding carboxylic acids is 1. The third-order valence-electron chi connectivity index (χ3n) is 2.73. The van der Waals surface area contributed by atoms with Gasteiger partial charge in [0.2, 0.25) is 0 Å². The summed E-state index contributed by atoms with van der Waals surface area (Å²) in [5, 5.41) is 1.44. The summed E-state index contributed by atoms with van der Waals surface area (Å²) in [5.41, 5.74) is 6.62. The maximum Gasteiger partial charge on any atom is 0.254 e. The predicted molar refractivity (Wildman–Crippen MR) is 60.5 cm³/mol. The summed E-state index contributed by atoms with van der Waals surface area (Å²) in [5.74, 6) is -0.328. The van der Waals surface area contributed by atoms with Crippen LogP contribution in [-0.2, 0) is 9.63 Å². The molecule has 1 amide bonds. The average molecular weight is 220 g/mol. The summed E-state index contributed by atoms with van der Waals surface area (Å²) in [6.45, 7) is 1.60. The van der Waals surface area contributed by atoms with Crippen molar-refractivity contribution in [3.8, 4) is 0 Å². The summed E-state index contributed by atoms with van der Waals surface area (Å²) in [4.78, 5) is 17.3. The molecule has 0 aliphatic carbocycles. The Hall–Kier alpha value is -1.39. The van der Waals surface area contributed by atoms with Gasteiger partial charge in [-0.2, -0.15) is 0 Å². The van der Waals surface area contributed by atoms with E-state index in [-0.39, 0.29) is 11.8 Å². The molecule has 0 radical (unpaired) electrons. The SMILES string of the molecule is NCC(C(=O)N1CCCO1)c1ccccc1. The molecule has 2 N–H and O–H groups in total. The molecule has 1 fully saturated rings. The van der Waals surface area contributed by atoms with Crippen LogP contribution in [0.3, 0.4) is 0 Å². The average Bonchev–Trinajstić information content (AvgIpc) is 2.85. The Balaban J connectivity index is 2.13. The minimum Gasteiger partial charge on any atom is -0.329 e. The van der Waals surface area contributed by atoms with E-state index >= 15 is 0 Å². The number of benzene rings is 1. The summed E-state index contributed by atoms with van der Waals surface area (Å²) in [6, 6.07) is 9.59. The molecule has 1 heterocycles. The molecular weight excluding hydrogens is 204 g/mol. The van der Waals surface area contributed by atoms with Gasteiger partial charge in [0.25, 0.3) is 5.91 Å². The Labute approximate surface area is 94.9 Å². The number of hydrogen-bond acceptors (Lipinski definition) is 3. The molecule has 4 heteroatoms. The molecule has 1 aromatic carbocycles. The Morgan fingerprint density at radius 3 is 2.75 bits per heavy atom. The van der Waals surface area contributed by atoms with Crippen LogP contribution in [0.1, 0.15) is 17.9 Å². The number of amides is 1. The van der Waals surface area contributed by atoms with Crippen molar-refractivity contribution in [3.05, 3.63) is 35.9 Å². The summed E-state index contributed by atoms with van der Waals surface area (Å²) < 4.78 is 0. The smallest absolute Gasteiger partial charge is 0.254 e. The van der Waals surface area contributed by atoms with Crippen molar-refractivity contribution in [2.75, 3.05) is 19.7 Å². The van der Waals surface area contributed by atoms with Crippen LogP contribution >= 0.6 is 0 Å². The van der Waals surface area contributed by atoms with Gasteiger partial charge in [0.05, 0.1) is 19.1 Å². The number of rotatable bonds is 3. The standard InChI is InChI=1S/C12H16N2O2/c13-9-11(10-5-2-1-3-6-10)12(15)14-7-4-8-16-14/h1-3,5-6,11H,4,7-9,13H2. The van der Waals surface area contributed by atoms with Crippen LogP contribution in [0.4, 0.5) is 0 Å². The zero-order valence-corrected chi connectivity index (χ0v) is 9.13. The second-order valence-electron chi connectivity index (χ2n) is 3.83. The zero-order chi connectivity index (χ0) is 11.4. The highest BCUT2D eigenvalue weighted by Gasteiger charge is 2.27. The minimum atomic E-state index is -0.292. The van der Waals surface area contributed by atoms with Crippen molar-refractivity contribution in [3.63, 3.8) is 0 Å². The topological polar surface area (TPSA) is 55.6 Å². The number of nitrogens with two attached hydrogens (primary N) is 1. The van der Waals surface area contributed by atoms with Gasteiger partial charge in [-0.05, 0) is 12.0 Å². The molecule has 86 valence electrons. The molecular formula is C12H16N2O2.